The molecule has 5 N–H and O–H groups in total. The molecule has 0 amide bonds. The molecule has 92 valence electrons. The molecule has 16 heavy (non-hydrogen) atoms. The molecule has 0 bridgehead atoms. The maximum absolute atomic E-state index is 11.2. The molecule has 0 aromatic heterocycles. The van der Waals surface area contributed by atoms with Gasteiger partial charge in [0, 0.05) is 0 Å². The zero-order valence-electron chi connectivity index (χ0n) is 8.38. The summed E-state index contributed by atoms with van der Waals surface area (Å²) in [5.74, 6) is -2.16. The third-order valence-electron chi connectivity index (χ3n) is 1.58. The van der Waals surface area contributed by atoms with E-state index in [2.05, 4.69) is 9.47 Å². The van der Waals surface area contributed by atoms with E-state index in [-0.39, 0.29) is 0 Å². The van der Waals surface area contributed by atoms with E-state index in [0.717, 1.165) is 0 Å². The number of rotatable bonds is 6. The molecule has 0 saturated heterocycles. The fraction of sp³-hybridized carbons (Fsp3) is 0.500. The third-order valence-corrected chi connectivity index (χ3v) is 1.58. The smallest absolute Gasteiger partial charge is 0.339 e. The van der Waals surface area contributed by atoms with E-state index < -0.39 is 49.8 Å². The molecule has 0 atom stereocenters. The predicted molar refractivity (Wildman–Crippen MR) is 49.5 cm³/mol. The van der Waals surface area contributed by atoms with Crippen LogP contribution in [0.3, 0.4) is 0 Å². The highest BCUT2D eigenvalue weighted by Gasteiger charge is 2.21. The van der Waals surface area contributed by atoms with Gasteiger partial charge in [-0.2, -0.15) is 0 Å². The topological polar surface area (TPSA) is 139 Å². The SMILES string of the molecule is NCOC(=O)/C(CO)=C(/CO)C(=O)OCO. The first-order chi connectivity index (χ1) is 7.62. The number of nitrogens with two attached hydrogens (primary N) is 1. The number of hydrogen-bond acceptors (Lipinski definition) is 8. The van der Waals surface area contributed by atoms with Gasteiger partial charge in [-0.15, -0.1) is 0 Å². The van der Waals surface area contributed by atoms with Gasteiger partial charge in [-0.3, -0.25) is 5.73 Å². The van der Waals surface area contributed by atoms with Gasteiger partial charge in [-0.05, 0) is 0 Å². The van der Waals surface area contributed by atoms with Crippen molar-refractivity contribution in [1.82, 2.24) is 0 Å². The number of carbonyl (C=O) groups is 2. The Labute approximate surface area is 90.9 Å². The van der Waals surface area contributed by atoms with Crippen molar-refractivity contribution < 1.29 is 34.4 Å². The first-order valence-corrected chi connectivity index (χ1v) is 4.21. The van der Waals surface area contributed by atoms with E-state index >= 15 is 0 Å². The zero-order chi connectivity index (χ0) is 12.6. The molecule has 0 aliphatic rings. The molecule has 0 radical (unpaired) electrons. The summed E-state index contributed by atoms with van der Waals surface area (Å²) in [7, 11) is 0. The summed E-state index contributed by atoms with van der Waals surface area (Å²) in [6, 6.07) is 0. The Morgan fingerprint density at radius 1 is 0.938 bits per heavy atom. The second-order valence-corrected chi connectivity index (χ2v) is 2.43. The molecule has 0 aromatic rings. The highest BCUT2D eigenvalue weighted by molar-refractivity contribution is 6.00. The second kappa shape index (κ2) is 7.77. The van der Waals surface area contributed by atoms with Gasteiger partial charge in [0.25, 0.3) is 0 Å². The second-order valence-electron chi connectivity index (χ2n) is 2.43. The Morgan fingerprint density at radius 2 is 1.38 bits per heavy atom. The lowest BCUT2D eigenvalue weighted by Gasteiger charge is -2.09. The minimum atomic E-state index is -1.12. The molecule has 0 aliphatic heterocycles. The van der Waals surface area contributed by atoms with Crippen molar-refractivity contribution in [3.05, 3.63) is 11.1 Å². The van der Waals surface area contributed by atoms with Crippen molar-refractivity contribution in [1.29, 1.82) is 0 Å². The molecule has 0 unspecified atom stereocenters. The first-order valence-electron chi connectivity index (χ1n) is 4.21. The van der Waals surface area contributed by atoms with Gasteiger partial charge in [-0.1, -0.05) is 0 Å². The van der Waals surface area contributed by atoms with Gasteiger partial charge < -0.3 is 24.8 Å². The summed E-state index contributed by atoms with van der Waals surface area (Å²) in [6.45, 7) is -3.01. The van der Waals surface area contributed by atoms with Crippen LogP contribution in [0.4, 0.5) is 0 Å². The highest BCUT2D eigenvalue weighted by Crippen LogP contribution is 2.08. The summed E-state index contributed by atoms with van der Waals surface area (Å²) in [4.78, 5) is 22.3. The first kappa shape index (κ1) is 14.5. The fourth-order valence-corrected chi connectivity index (χ4v) is 0.875. The van der Waals surface area contributed by atoms with Crippen molar-refractivity contribution in [2.45, 2.75) is 0 Å². The van der Waals surface area contributed by atoms with Crippen LogP contribution in [0, 0.1) is 0 Å². The molecule has 0 aromatic carbocycles. The molecular weight excluding hydrogens is 222 g/mol. The van der Waals surface area contributed by atoms with Gasteiger partial charge in [0.05, 0.1) is 24.4 Å². The number of aliphatic hydroxyl groups is 3. The van der Waals surface area contributed by atoms with Crippen LogP contribution in [0.1, 0.15) is 0 Å². The van der Waals surface area contributed by atoms with Crippen LogP contribution in [0.2, 0.25) is 0 Å². The van der Waals surface area contributed by atoms with Crippen LogP contribution < -0.4 is 5.73 Å². The average Bonchev–Trinajstić information content (AvgIpc) is 2.25. The van der Waals surface area contributed by atoms with E-state index in [1.54, 1.807) is 0 Å². The lowest BCUT2D eigenvalue weighted by atomic mass is 10.1. The van der Waals surface area contributed by atoms with Crippen molar-refractivity contribution in [2.75, 3.05) is 26.7 Å². The van der Waals surface area contributed by atoms with Crippen LogP contribution >= 0.6 is 0 Å². The molecule has 0 saturated carbocycles. The minimum absolute atomic E-state index is 0.434. The van der Waals surface area contributed by atoms with Gasteiger partial charge >= 0.3 is 11.9 Å². The van der Waals surface area contributed by atoms with E-state index in [1.165, 1.54) is 0 Å². The lowest BCUT2D eigenvalue weighted by molar-refractivity contribution is -0.148. The summed E-state index contributed by atoms with van der Waals surface area (Å²) >= 11 is 0. The normalized spacial score (nSPS) is 11.8. The quantitative estimate of drug-likeness (QED) is 0.220. The Kier molecular flexibility index (Phi) is 7.05. The molecule has 8 nitrogen and oxygen atoms in total. The molecule has 0 heterocycles. The molecule has 0 fully saturated rings. The van der Waals surface area contributed by atoms with Gasteiger partial charge in [-0.25, -0.2) is 9.59 Å². The highest BCUT2D eigenvalue weighted by atomic mass is 16.6. The van der Waals surface area contributed by atoms with Crippen LogP contribution in [-0.2, 0) is 19.1 Å². The molecule has 0 rings (SSSR count). The van der Waals surface area contributed by atoms with Crippen molar-refractivity contribution in [3.8, 4) is 0 Å². The number of ether oxygens (including phenoxy) is 2. The zero-order valence-corrected chi connectivity index (χ0v) is 8.38. The number of carbonyl (C=O) groups excluding carboxylic acids is 2. The lowest BCUT2D eigenvalue weighted by Crippen LogP contribution is -2.22. The minimum Gasteiger partial charge on any atom is -0.447 e. The maximum Gasteiger partial charge on any atom is 0.339 e. The monoisotopic (exact) mass is 235 g/mol. The fourth-order valence-electron chi connectivity index (χ4n) is 0.875. The van der Waals surface area contributed by atoms with E-state index in [1.807, 2.05) is 0 Å². The largest absolute Gasteiger partial charge is 0.447 e. The van der Waals surface area contributed by atoms with E-state index in [0.29, 0.717) is 0 Å². The molecule has 8 heteroatoms. The van der Waals surface area contributed by atoms with E-state index in [9.17, 15) is 9.59 Å². The van der Waals surface area contributed by atoms with Gasteiger partial charge in [0.1, 0.15) is 6.73 Å². The summed E-state index contributed by atoms with van der Waals surface area (Å²) in [6.07, 6.45) is 0. The summed E-state index contributed by atoms with van der Waals surface area (Å²) in [5, 5.41) is 26.0. The summed E-state index contributed by atoms with van der Waals surface area (Å²) < 4.78 is 8.50. The van der Waals surface area contributed by atoms with Crippen molar-refractivity contribution in [2.24, 2.45) is 5.73 Å². The standard InChI is InChI=1S/C8H13NO7/c9-3-15-7(13)5(1-10)6(2-11)8(14)16-4-12/h10-12H,1-4,9H2/b6-5-. The van der Waals surface area contributed by atoms with Crippen molar-refractivity contribution in [3.63, 3.8) is 0 Å². The Bertz CT molecular complexity index is 258. The van der Waals surface area contributed by atoms with Crippen LogP contribution in [-0.4, -0.2) is 54.0 Å². The van der Waals surface area contributed by atoms with Crippen LogP contribution in [0.25, 0.3) is 0 Å². The number of esters is 2. The molecular formula is C8H13NO7. The Balaban J connectivity index is 5.04. The predicted octanol–water partition coefficient (Wildman–Crippen LogP) is -2.78. The number of aliphatic hydroxyl groups excluding tert-OH is 3. The van der Waals surface area contributed by atoms with E-state index in [4.69, 9.17) is 21.1 Å². The molecule has 0 aliphatic carbocycles. The van der Waals surface area contributed by atoms with Gasteiger partial charge in [0.15, 0.2) is 6.79 Å². The maximum atomic E-state index is 11.2. The Hall–Kier alpha value is -1.48. The summed E-state index contributed by atoms with van der Waals surface area (Å²) in [5.41, 5.74) is 3.98. The van der Waals surface area contributed by atoms with Crippen LogP contribution in [0.15, 0.2) is 11.1 Å². The number of hydrogen-bond donors (Lipinski definition) is 4. The van der Waals surface area contributed by atoms with Crippen LogP contribution in [0.5, 0.6) is 0 Å². The Morgan fingerprint density at radius 3 is 1.69 bits per heavy atom. The average molecular weight is 235 g/mol. The third kappa shape index (κ3) is 3.95. The van der Waals surface area contributed by atoms with Gasteiger partial charge in [0.2, 0.25) is 0 Å². The molecule has 0 spiro atoms. The van der Waals surface area contributed by atoms with Crippen molar-refractivity contribution >= 4 is 11.9 Å².